The van der Waals surface area contributed by atoms with E-state index >= 15 is 0 Å². The van der Waals surface area contributed by atoms with Crippen molar-refractivity contribution in [1.29, 1.82) is 0 Å². The predicted octanol–water partition coefficient (Wildman–Crippen LogP) is 8.31. The Morgan fingerprint density at radius 2 is 1.09 bits per heavy atom. The molecule has 0 unspecified atom stereocenters. The van der Waals surface area contributed by atoms with Crippen molar-refractivity contribution in [2.24, 2.45) is 0 Å². The maximum atomic E-state index is 3.88. The fourth-order valence-corrected chi connectivity index (χ4v) is 8.38. The standard InChI is InChI=1S/C33H33.C13H8I2.C5H5.2ClH.Zr/c1-32(2,3)30-20-26-24(18-28(30)22-13-9-7-10-14-22)17-25-19-29(23-15-11-8-12-16-23)31(21-27(25)26)33(4,5)6;14-12-5-1-10(2-6-12)9-11-3-7-13(15)8-4-11;1-2-4-5-3-1;;;/h7-16,18,20-21H,17H2,1-6H3;1-8H;1-3H,4H2;2*1H;/q-1;;-1;;;+2/p-2. The van der Waals surface area contributed by atoms with Gasteiger partial charge in [0, 0.05) is 0 Å². The number of allylic oxidation sites excluding steroid dienone is 4. The fraction of sp³-hybridized carbons (Fsp3) is 0.196. The molecule has 0 fully saturated rings. The van der Waals surface area contributed by atoms with Crippen LogP contribution in [0.2, 0.25) is 0 Å². The van der Waals surface area contributed by atoms with Gasteiger partial charge in [-0.05, 0) is 39.5 Å². The fourth-order valence-electron chi connectivity index (χ4n) is 6.84. The first-order valence-corrected chi connectivity index (χ1v) is 21.9. The number of halogens is 4. The van der Waals surface area contributed by atoms with Crippen LogP contribution in [0.15, 0.2) is 146 Å². The molecule has 0 atom stereocenters. The number of fused-ring (bicyclic) bond motifs is 3. The zero-order valence-corrected chi connectivity index (χ0v) is 41.1. The Morgan fingerprint density at radius 3 is 1.54 bits per heavy atom. The molecule has 0 amide bonds. The predicted molar refractivity (Wildman–Crippen MR) is 245 cm³/mol. The summed E-state index contributed by atoms with van der Waals surface area (Å²) in [5.74, 6) is 0. The van der Waals surface area contributed by atoms with Crippen molar-refractivity contribution in [3.63, 3.8) is 0 Å². The van der Waals surface area contributed by atoms with Crippen molar-refractivity contribution >= 4 is 48.4 Å². The van der Waals surface area contributed by atoms with Crippen LogP contribution in [-0.2, 0) is 41.5 Å². The van der Waals surface area contributed by atoms with E-state index < -0.39 is 0 Å². The van der Waals surface area contributed by atoms with Gasteiger partial charge in [0.05, 0.1) is 0 Å². The van der Waals surface area contributed by atoms with Crippen LogP contribution in [0, 0.1) is 19.3 Å². The second kappa shape index (κ2) is 20.5. The first-order chi connectivity index (χ1) is 25.8. The summed E-state index contributed by atoms with van der Waals surface area (Å²) >= 11 is 6.13. The summed E-state index contributed by atoms with van der Waals surface area (Å²) in [7, 11) is 0. The van der Waals surface area contributed by atoms with Gasteiger partial charge in [-0.1, -0.05) is 131 Å². The van der Waals surface area contributed by atoms with Crippen molar-refractivity contribution in [2.45, 2.75) is 65.2 Å². The van der Waals surface area contributed by atoms with Crippen LogP contribution in [0.25, 0.3) is 33.4 Å². The van der Waals surface area contributed by atoms with E-state index in [9.17, 15) is 0 Å². The van der Waals surface area contributed by atoms with E-state index in [1.54, 1.807) is 0 Å². The molecule has 0 saturated carbocycles. The van der Waals surface area contributed by atoms with E-state index in [0.29, 0.717) is 0 Å². The molecule has 6 aromatic carbocycles. The third kappa shape index (κ3) is 11.6. The van der Waals surface area contributed by atoms with Gasteiger partial charge in [0.15, 0.2) is 0 Å². The zero-order chi connectivity index (χ0) is 38.5. The quantitative estimate of drug-likeness (QED) is 0.123. The van der Waals surface area contributed by atoms with Gasteiger partial charge < -0.3 is 24.8 Å². The van der Waals surface area contributed by atoms with Gasteiger partial charge in [-0.15, -0.1) is 35.2 Å². The molecule has 0 heterocycles. The van der Waals surface area contributed by atoms with Gasteiger partial charge in [-0.2, -0.15) is 6.08 Å². The van der Waals surface area contributed by atoms with Crippen LogP contribution in [0.3, 0.4) is 0 Å². The summed E-state index contributed by atoms with van der Waals surface area (Å²) in [5, 5.41) is 0. The molecule has 5 heteroatoms. The second-order valence-corrected chi connectivity index (χ2v) is 19.5. The zero-order valence-electron chi connectivity index (χ0n) is 32.8. The van der Waals surface area contributed by atoms with Crippen molar-refractivity contribution < 1.29 is 49.0 Å². The summed E-state index contributed by atoms with van der Waals surface area (Å²) in [6, 6.07) is 50.3. The Kier molecular flexibility index (Phi) is 17.0. The Hall–Kier alpha value is -2.41. The molecule has 0 radical (unpaired) electrons. The monoisotopic (exact) mass is 1070 g/mol. The SMILES string of the molecule is CC(C)(C)c1cc2c([c-]c1-c1ccccc1)Cc1cc(-c3ccccc3)c(C(C)(C)C)cc1-2.[C-]1=CC=CC1.[Cl-].[Cl-].[Zr+2]=[C](c1ccc(I)cc1)c1ccc(I)cc1. The van der Waals surface area contributed by atoms with Crippen LogP contribution in [0.4, 0.5) is 0 Å². The first-order valence-electron chi connectivity index (χ1n) is 18.5. The van der Waals surface area contributed by atoms with Crippen molar-refractivity contribution in [3.8, 4) is 33.4 Å². The van der Waals surface area contributed by atoms with E-state index in [0.717, 1.165) is 12.8 Å². The molecule has 0 nitrogen and oxygen atoms in total. The van der Waals surface area contributed by atoms with Gasteiger partial charge in [-0.3, -0.25) is 6.08 Å². The van der Waals surface area contributed by atoms with E-state index in [1.807, 2.05) is 12.2 Å². The Bertz CT molecular complexity index is 2130. The van der Waals surface area contributed by atoms with Gasteiger partial charge in [0.25, 0.3) is 0 Å². The molecule has 8 rings (SSSR count). The third-order valence-corrected chi connectivity index (χ3v) is 12.5. The van der Waals surface area contributed by atoms with Gasteiger partial charge in [0.2, 0.25) is 0 Å². The molecule has 6 aromatic rings. The normalized spacial score (nSPS) is 12.2. The van der Waals surface area contributed by atoms with E-state index in [-0.39, 0.29) is 35.6 Å². The minimum atomic E-state index is 0. The van der Waals surface area contributed by atoms with Crippen LogP contribution in [0.5, 0.6) is 0 Å². The molecular formula is C51H46Cl2I2Zr-2. The summed E-state index contributed by atoms with van der Waals surface area (Å²) in [5.41, 5.74) is 16.2. The molecule has 56 heavy (non-hydrogen) atoms. The molecular weight excluding hydrogens is 1030 g/mol. The van der Waals surface area contributed by atoms with Crippen LogP contribution >= 0.6 is 45.2 Å². The van der Waals surface area contributed by atoms with Gasteiger partial charge >= 0.3 is 139 Å². The van der Waals surface area contributed by atoms with Crippen molar-refractivity contribution in [2.75, 3.05) is 0 Å². The molecule has 2 aliphatic carbocycles. The summed E-state index contributed by atoms with van der Waals surface area (Å²) in [6.07, 6.45) is 10.9. The second-order valence-electron chi connectivity index (χ2n) is 15.8. The van der Waals surface area contributed by atoms with E-state index in [1.165, 1.54) is 101 Å². The molecule has 0 aromatic heterocycles. The average Bonchev–Trinajstić information content (AvgIpc) is 3.86. The van der Waals surface area contributed by atoms with Crippen LogP contribution < -0.4 is 24.8 Å². The maximum absolute atomic E-state index is 3.88. The molecule has 0 saturated heterocycles. The van der Waals surface area contributed by atoms with E-state index in [4.69, 9.17) is 0 Å². The van der Waals surface area contributed by atoms with Crippen molar-refractivity contribution in [3.05, 3.63) is 198 Å². The Balaban J connectivity index is 0.000000252. The molecule has 0 bridgehead atoms. The average molecular weight is 1070 g/mol. The van der Waals surface area contributed by atoms with E-state index in [2.05, 4.69) is 232 Å². The van der Waals surface area contributed by atoms with Crippen molar-refractivity contribution in [1.82, 2.24) is 0 Å². The topological polar surface area (TPSA) is 0 Å². The Morgan fingerprint density at radius 1 is 0.589 bits per heavy atom. The molecule has 0 N–H and O–H groups in total. The van der Waals surface area contributed by atoms with Gasteiger partial charge in [-0.25, -0.2) is 12.2 Å². The summed E-state index contributed by atoms with van der Waals surface area (Å²) < 4.78 is 3.99. The molecule has 2 aliphatic rings. The van der Waals surface area contributed by atoms with Crippen LogP contribution in [0.1, 0.15) is 81.3 Å². The molecule has 0 aliphatic heterocycles. The minimum absolute atomic E-state index is 0. The number of benzene rings is 6. The summed E-state index contributed by atoms with van der Waals surface area (Å²) in [6.45, 7) is 13.9. The number of hydrogen-bond donors (Lipinski definition) is 0. The number of hydrogen-bond acceptors (Lipinski definition) is 0. The molecule has 0 spiro atoms. The number of rotatable bonds is 4. The van der Waals surface area contributed by atoms with Gasteiger partial charge in [0.1, 0.15) is 0 Å². The Labute approximate surface area is 390 Å². The summed E-state index contributed by atoms with van der Waals surface area (Å²) in [4.78, 5) is 0. The van der Waals surface area contributed by atoms with Crippen LogP contribution in [-0.4, -0.2) is 3.21 Å². The molecule has 284 valence electrons. The first kappa shape index (κ1) is 46.3. The third-order valence-electron chi connectivity index (χ3n) is 9.67.